The van der Waals surface area contributed by atoms with Crippen molar-refractivity contribution in [3.05, 3.63) is 77.9 Å². The van der Waals surface area contributed by atoms with Crippen molar-refractivity contribution in [3.8, 4) is 5.75 Å². The van der Waals surface area contributed by atoms with Crippen LogP contribution in [0.25, 0.3) is 10.8 Å². The van der Waals surface area contributed by atoms with E-state index in [4.69, 9.17) is 5.11 Å². The van der Waals surface area contributed by atoms with E-state index < -0.39 is 195 Å². The first-order valence-corrected chi connectivity index (χ1v) is 34.2. The molecular formula is C69H92N12O26. The number of phenols is 1. The van der Waals surface area contributed by atoms with Crippen molar-refractivity contribution in [1.29, 1.82) is 0 Å². The standard InChI is InChI=1S/C69H92N12O26/c1-77(63(96)51(37-42-13-16-46(82)17-14-42)73-57(86)22-20-52(68(105)106)81-34-32-79(40-60(91)92)30-28-78(39-59(89)90)29-31-80(33-35-81)41-61(93)94)53(38-43-12-15-44-8-2-3-9-45(44)36-43)62(95)74-48(65(99)100)11-5-7-27-71-55(84)24-23-54(83)70-26-6-4-10-47(64(97)98)72-56(85)21-18-49(66(101)102)75-69(107)76-50(67(103)104)19-25-58(87)88/h2-3,8-9,12-17,36,47,49-50,52-53,82H,4-7,10-11,18-35,37-41H2,1H3,(H,70,83)(H,71,84)(H,72,85)(H,87,88)(H,89,90)(H,91,92)(H,93,94)(H,97,98)(H,99,100)(H,101,102)(H,103,104)(H,105,106)(H2,75,76,107)/b73-51+,74-48-/t47-,49-,50-,52?,53+/m0/s1. The maximum Gasteiger partial charge on any atom is 0.350 e. The van der Waals surface area contributed by atoms with Gasteiger partial charge in [0, 0.05) is 117 Å². The van der Waals surface area contributed by atoms with Gasteiger partial charge < -0.3 is 82.5 Å². The Morgan fingerprint density at radius 3 is 1.44 bits per heavy atom. The Kier molecular flexibility index (Phi) is 37.6. The molecule has 38 nitrogen and oxygen atoms in total. The fraction of sp³-hybridized carbons (Fsp3) is 0.507. The molecule has 8 amide bonds. The van der Waals surface area contributed by atoms with Crippen LogP contribution in [0.4, 0.5) is 4.79 Å². The molecule has 3 aromatic carbocycles. The number of carbonyl (C=O) groups excluding carboxylic acids is 7. The van der Waals surface area contributed by atoms with Crippen LogP contribution in [0.1, 0.15) is 101 Å². The molecule has 107 heavy (non-hydrogen) atoms. The summed E-state index contributed by atoms with van der Waals surface area (Å²) in [5.74, 6) is -17.7. The zero-order chi connectivity index (χ0) is 79.3. The largest absolute Gasteiger partial charge is 0.508 e. The van der Waals surface area contributed by atoms with Gasteiger partial charge in [0.05, 0.1) is 19.6 Å². The molecule has 3 aromatic rings. The van der Waals surface area contributed by atoms with E-state index >= 15 is 0 Å². The number of carbonyl (C=O) groups is 16. The zero-order valence-electron chi connectivity index (χ0n) is 58.9. The smallest absolute Gasteiger partial charge is 0.350 e. The minimum Gasteiger partial charge on any atom is -0.508 e. The number of amides is 8. The second-order valence-corrected chi connectivity index (χ2v) is 25.2. The Bertz CT molecular complexity index is 3690. The van der Waals surface area contributed by atoms with Gasteiger partial charge in [-0.25, -0.2) is 34.0 Å². The second kappa shape index (κ2) is 45.8. The molecule has 0 spiro atoms. The van der Waals surface area contributed by atoms with Gasteiger partial charge >= 0.3 is 59.8 Å². The summed E-state index contributed by atoms with van der Waals surface area (Å²) < 4.78 is 0. The van der Waals surface area contributed by atoms with Crippen molar-refractivity contribution in [2.24, 2.45) is 9.98 Å². The van der Waals surface area contributed by atoms with E-state index in [1.807, 2.05) is 28.8 Å². The lowest BCUT2D eigenvalue weighted by Crippen LogP contribution is -2.51. The number of unbranched alkanes of at least 4 members (excludes halogenated alkanes) is 2. The summed E-state index contributed by atoms with van der Waals surface area (Å²) >= 11 is 0. The highest BCUT2D eigenvalue weighted by Crippen LogP contribution is 2.21. The number of urea groups is 1. The quantitative estimate of drug-likeness (QED) is 0.0254. The molecule has 1 aliphatic heterocycles. The van der Waals surface area contributed by atoms with Crippen molar-refractivity contribution in [2.75, 3.05) is 92.1 Å². The Hall–Kier alpha value is -11.4. The van der Waals surface area contributed by atoms with Crippen molar-refractivity contribution >= 4 is 117 Å². The van der Waals surface area contributed by atoms with Crippen LogP contribution in [0.3, 0.4) is 0 Å². The van der Waals surface area contributed by atoms with Crippen LogP contribution in [0.5, 0.6) is 5.75 Å². The van der Waals surface area contributed by atoms with Gasteiger partial charge in [-0.1, -0.05) is 54.6 Å². The van der Waals surface area contributed by atoms with Crippen LogP contribution in [-0.4, -0.2) is 305 Å². The summed E-state index contributed by atoms with van der Waals surface area (Å²) in [6.45, 7) is -1.39. The van der Waals surface area contributed by atoms with E-state index in [2.05, 4.69) is 25.9 Å². The molecule has 0 saturated carbocycles. The predicted octanol–water partition coefficient (Wildman–Crippen LogP) is -0.341. The van der Waals surface area contributed by atoms with Gasteiger partial charge in [-0.3, -0.25) is 72.3 Å². The SMILES string of the molecule is CN(C(=O)/C(Cc1ccc(O)cc1)=N/C(=O)CCC(C(=O)O)N1CCN(CC(=O)O)CCN(CC(=O)O)CCN(CC(=O)O)CC1)[C@H](Cc1ccc2ccccc2c1)C(=O)/N=C(/CCCCNC(=O)CCC(=O)NCCCC[C@H](NC(=O)CC[C@H](NC(=O)N[C@@H](CCC(=O)O)C(=O)O)C(=O)O)C(=O)O)C(=O)O. The number of carboxylic acid groups (broad SMARTS) is 9. The summed E-state index contributed by atoms with van der Waals surface area (Å²) in [5, 5.41) is 110. The maximum absolute atomic E-state index is 14.9. The van der Waals surface area contributed by atoms with E-state index in [0.717, 1.165) is 15.7 Å². The Labute approximate surface area is 612 Å². The highest BCUT2D eigenvalue weighted by molar-refractivity contribution is 6.41. The molecule has 4 rings (SSSR count). The monoisotopic (exact) mass is 1500 g/mol. The molecule has 1 unspecified atom stereocenters. The molecule has 15 N–H and O–H groups in total. The third kappa shape index (κ3) is 34.0. The molecule has 0 radical (unpaired) electrons. The predicted molar refractivity (Wildman–Crippen MR) is 376 cm³/mol. The normalized spacial score (nSPS) is 15.1. The van der Waals surface area contributed by atoms with Gasteiger partial charge in [0.2, 0.25) is 23.6 Å². The van der Waals surface area contributed by atoms with Gasteiger partial charge in [0.15, 0.2) is 0 Å². The second-order valence-electron chi connectivity index (χ2n) is 25.2. The van der Waals surface area contributed by atoms with E-state index in [1.165, 1.54) is 50.9 Å². The zero-order valence-corrected chi connectivity index (χ0v) is 58.9. The summed E-state index contributed by atoms with van der Waals surface area (Å²) in [6.07, 6.45) is -4.27. The van der Waals surface area contributed by atoms with E-state index in [-0.39, 0.29) is 135 Å². The topological polar surface area (TPSA) is 576 Å². The molecular weight excluding hydrogens is 1410 g/mol. The first-order chi connectivity index (χ1) is 50.7. The molecule has 1 heterocycles. The molecule has 1 fully saturated rings. The Morgan fingerprint density at radius 1 is 0.458 bits per heavy atom. The Morgan fingerprint density at radius 2 is 0.944 bits per heavy atom. The van der Waals surface area contributed by atoms with Crippen molar-refractivity contribution in [1.82, 2.24) is 51.1 Å². The van der Waals surface area contributed by atoms with Crippen LogP contribution < -0.4 is 26.6 Å². The van der Waals surface area contributed by atoms with Gasteiger partial charge in [-0.2, -0.15) is 0 Å². The van der Waals surface area contributed by atoms with Crippen LogP contribution in [0.15, 0.2) is 76.7 Å². The number of hydrogen-bond acceptors (Lipinski definition) is 21. The van der Waals surface area contributed by atoms with Gasteiger partial charge in [-0.05, 0) is 91.8 Å². The fourth-order valence-electron chi connectivity index (χ4n) is 11.2. The van der Waals surface area contributed by atoms with Crippen LogP contribution >= 0.6 is 0 Å². The fourth-order valence-corrected chi connectivity index (χ4v) is 11.2. The third-order valence-corrected chi connectivity index (χ3v) is 17.1. The summed E-state index contributed by atoms with van der Waals surface area (Å²) in [5.41, 5.74) is -0.204. The molecule has 0 aromatic heterocycles. The minimum absolute atomic E-state index is 0.000772. The molecule has 584 valence electrons. The third-order valence-electron chi connectivity index (χ3n) is 17.1. The first-order valence-electron chi connectivity index (χ1n) is 34.2. The number of aromatic hydroxyl groups is 1. The number of hydrogen-bond donors (Lipinski definition) is 15. The van der Waals surface area contributed by atoms with Crippen LogP contribution in [0, 0.1) is 0 Å². The number of rotatable bonds is 44. The highest BCUT2D eigenvalue weighted by atomic mass is 16.4. The lowest BCUT2D eigenvalue weighted by Gasteiger charge is -2.35. The molecule has 0 aliphatic carbocycles. The Balaban J connectivity index is 1.41. The average Bonchev–Trinajstić information content (AvgIpc) is 0.819. The molecule has 0 bridgehead atoms. The summed E-state index contributed by atoms with van der Waals surface area (Å²) in [7, 11) is 1.22. The van der Waals surface area contributed by atoms with Gasteiger partial charge in [-0.15, -0.1) is 0 Å². The number of aliphatic carboxylic acids is 9. The maximum atomic E-state index is 14.9. The average molecular weight is 1510 g/mol. The number of fused-ring (bicyclic) bond motifs is 1. The van der Waals surface area contributed by atoms with Crippen molar-refractivity contribution in [3.63, 3.8) is 0 Å². The number of benzene rings is 3. The summed E-state index contributed by atoms with van der Waals surface area (Å²) in [6, 6.07) is 8.83. The van der Waals surface area contributed by atoms with E-state index in [1.54, 1.807) is 24.3 Å². The van der Waals surface area contributed by atoms with Gasteiger partial charge in [0.1, 0.15) is 47.4 Å². The molecule has 1 aliphatic rings. The van der Waals surface area contributed by atoms with Crippen LogP contribution in [-0.2, 0) is 84.8 Å². The van der Waals surface area contributed by atoms with E-state index in [9.17, 15) is 123 Å². The van der Waals surface area contributed by atoms with E-state index in [0.29, 0.717) is 11.1 Å². The summed E-state index contributed by atoms with van der Waals surface area (Å²) in [4.78, 5) is 216. The van der Waals surface area contributed by atoms with Crippen LogP contribution in [0.2, 0.25) is 0 Å². The number of carboxylic acids is 9. The molecule has 1 saturated heterocycles. The van der Waals surface area contributed by atoms with Gasteiger partial charge in [0.25, 0.3) is 11.8 Å². The number of nitrogens with one attached hydrogen (secondary N) is 5. The number of aliphatic imine (C=N–C) groups is 2. The van der Waals surface area contributed by atoms with Crippen molar-refractivity contribution in [2.45, 2.75) is 133 Å². The minimum atomic E-state index is -1.73. The molecule has 5 atom stereocenters. The number of likely N-dealkylation sites (N-methyl/N-ethyl adjacent to an activating group) is 1. The highest BCUT2D eigenvalue weighted by Gasteiger charge is 2.34. The number of phenolic OH excluding ortho intramolecular Hbond substituents is 1. The molecule has 38 heteroatoms. The lowest BCUT2D eigenvalue weighted by atomic mass is 9.99. The number of nitrogens with zero attached hydrogens (tertiary/aromatic N) is 7. The van der Waals surface area contributed by atoms with Crippen molar-refractivity contribution < 1.29 is 128 Å². The first kappa shape index (κ1) is 88.0. The lowest BCUT2D eigenvalue weighted by molar-refractivity contribution is -0.145.